The number of fused-ring (bicyclic) bond motifs is 1. The minimum absolute atomic E-state index is 0.0465. The SMILES string of the molecule is CO[C@H](C(=O)OCO[C@@H](Cc1c[nH]c2cccc(Cl)c12)C(=O)O)c1cnc[nH]1. The van der Waals surface area contributed by atoms with Crippen molar-refractivity contribution in [2.45, 2.75) is 18.6 Å². The lowest BCUT2D eigenvalue weighted by Crippen LogP contribution is -2.29. The number of aromatic amines is 2. The van der Waals surface area contributed by atoms with Gasteiger partial charge in [-0.15, -0.1) is 0 Å². The lowest BCUT2D eigenvalue weighted by Gasteiger charge is -2.16. The molecule has 2 heterocycles. The zero-order chi connectivity index (χ0) is 20.1. The zero-order valence-electron chi connectivity index (χ0n) is 14.8. The first-order valence-electron chi connectivity index (χ1n) is 8.27. The van der Waals surface area contributed by atoms with Gasteiger partial charge in [0.05, 0.1) is 23.2 Å². The number of methoxy groups -OCH3 is 1. The Bertz CT molecular complexity index is 956. The number of aliphatic carboxylic acids is 1. The van der Waals surface area contributed by atoms with Crippen LogP contribution in [0.25, 0.3) is 10.9 Å². The number of nitrogens with zero attached hydrogens (tertiary/aromatic N) is 1. The number of rotatable bonds is 9. The van der Waals surface area contributed by atoms with E-state index in [1.165, 1.54) is 19.6 Å². The largest absolute Gasteiger partial charge is 0.479 e. The van der Waals surface area contributed by atoms with Gasteiger partial charge in [-0.05, 0) is 17.7 Å². The van der Waals surface area contributed by atoms with Gasteiger partial charge in [-0.3, -0.25) is 0 Å². The van der Waals surface area contributed by atoms with Gasteiger partial charge in [0.15, 0.2) is 19.0 Å². The number of aromatic nitrogens is 3. The Kier molecular flexibility index (Phi) is 6.30. The second-order valence-corrected chi connectivity index (χ2v) is 6.29. The normalized spacial score (nSPS) is 13.4. The quantitative estimate of drug-likeness (QED) is 0.367. The molecule has 2 aromatic heterocycles. The van der Waals surface area contributed by atoms with Crippen LogP contribution in [0.4, 0.5) is 0 Å². The Labute approximate surface area is 164 Å². The summed E-state index contributed by atoms with van der Waals surface area (Å²) in [5.41, 5.74) is 1.89. The maximum atomic E-state index is 12.1. The Morgan fingerprint density at radius 1 is 1.32 bits per heavy atom. The molecular formula is C18H18ClN3O6. The minimum Gasteiger partial charge on any atom is -0.479 e. The molecule has 148 valence electrons. The van der Waals surface area contributed by atoms with E-state index in [0.717, 1.165) is 10.9 Å². The molecule has 28 heavy (non-hydrogen) atoms. The van der Waals surface area contributed by atoms with E-state index < -0.39 is 30.9 Å². The molecule has 0 radical (unpaired) electrons. The highest BCUT2D eigenvalue weighted by atomic mass is 35.5. The van der Waals surface area contributed by atoms with Crippen LogP contribution in [0.1, 0.15) is 17.4 Å². The summed E-state index contributed by atoms with van der Waals surface area (Å²) in [5, 5.41) is 10.7. The molecule has 0 spiro atoms. The van der Waals surface area contributed by atoms with Crippen LogP contribution in [0.3, 0.4) is 0 Å². The lowest BCUT2D eigenvalue weighted by atomic mass is 10.1. The monoisotopic (exact) mass is 407 g/mol. The lowest BCUT2D eigenvalue weighted by molar-refractivity contribution is -0.179. The van der Waals surface area contributed by atoms with Crippen molar-refractivity contribution >= 4 is 34.4 Å². The van der Waals surface area contributed by atoms with E-state index in [9.17, 15) is 14.7 Å². The second kappa shape index (κ2) is 8.87. The smallest absolute Gasteiger partial charge is 0.343 e. The molecule has 0 amide bonds. The molecule has 0 saturated carbocycles. The molecule has 0 aliphatic heterocycles. The van der Waals surface area contributed by atoms with Crippen molar-refractivity contribution in [3.63, 3.8) is 0 Å². The number of carbonyl (C=O) groups is 2. The molecule has 0 aliphatic rings. The van der Waals surface area contributed by atoms with Crippen LogP contribution in [0.5, 0.6) is 0 Å². The highest BCUT2D eigenvalue weighted by Crippen LogP contribution is 2.27. The van der Waals surface area contributed by atoms with Crippen molar-refractivity contribution in [2.75, 3.05) is 13.9 Å². The van der Waals surface area contributed by atoms with Crippen LogP contribution in [0.2, 0.25) is 5.02 Å². The number of hydrogen-bond acceptors (Lipinski definition) is 6. The molecule has 0 saturated heterocycles. The van der Waals surface area contributed by atoms with Gasteiger partial charge in [0.2, 0.25) is 0 Å². The third-order valence-corrected chi connectivity index (χ3v) is 4.45. The number of carboxylic acids is 1. The van der Waals surface area contributed by atoms with Gasteiger partial charge in [-0.2, -0.15) is 0 Å². The van der Waals surface area contributed by atoms with Crippen molar-refractivity contribution < 1.29 is 28.9 Å². The van der Waals surface area contributed by atoms with Crippen LogP contribution < -0.4 is 0 Å². The molecular weight excluding hydrogens is 390 g/mol. The van der Waals surface area contributed by atoms with E-state index in [1.807, 2.05) is 6.07 Å². The number of hydrogen-bond donors (Lipinski definition) is 3. The molecule has 0 unspecified atom stereocenters. The van der Waals surface area contributed by atoms with Crippen molar-refractivity contribution in [2.24, 2.45) is 0 Å². The molecule has 0 bridgehead atoms. The fourth-order valence-electron chi connectivity index (χ4n) is 2.80. The zero-order valence-corrected chi connectivity index (χ0v) is 15.6. The Morgan fingerprint density at radius 3 is 2.82 bits per heavy atom. The first kappa shape index (κ1) is 19.9. The predicted octanol–water partition coefficient (Wildman–Crippen LogP) is 2.45. The summed E-state index contributed by atoms with van der Waals surface area (Å²) in [6, 6.07) is 5.35. The van der Waals surface area contributed by atoms with E-state index in [-0.39, 0.29) is 6.42 Å². The van der Waals surface area contributed by atoms with E-state index in [4.69, 9.17) is 25.8 Å². The van der Waals surface area contributed by atoms with Crippen molar-refractivity contribution in [1.29, 1.82) is 0 Å². The minimum atomic E-state index is -1.23. The number of ether oxygens (including phenoxy) is 3. The first-order valence-corrected chi connectivity index (χ1v) is 8.65. The predicted molar refractivity (Wildman–Crippen MR) is 98.8 cm³/mol. The van der Waals surface area contributed by atoms with Gasteiger partial charge in [0, 0.05) is 30.6 Å². The summed E-state index contributed by atoms with van der Waals surface area (Å²) >= 11 is 6.21. The van der Waals surface area contributed by atoms with E-state index in [2.05, 4.69) is 15.0 Å². The Balaban J connectivity index is 1.62. The summed E-state index contributed by atoms with van der Waals surface area (Å²) in [6.45, 7) is -0.542. The van der Waals surface area contributed by atoms with Crippen LogP contribution in [0, 0.1) is 0 Å². The second-order valence-electron chi connectivity index (χ2n) is 5.88. The third-order valence-electron chi connectivity index (χ3n) is 4.14. The van der Waals surface area contributed by atoms with Crippen molar-refractivity contribution in [3.8, 4) is 0 Å². The topological polar surface area (TPSA) is 127 Å². The van der Waals surface area contributed by atoms with Gasteiger partial charge >= 0.3 is 11.9 Å². The van der Waals surface area contributed by atoms with E-state index >= 15 is 0 Å². The van der Waals surface area contributed by atoms with Crippen molar-refractivity contribution in [1.82, 2.24) is 15.0 Å². The first-order chi connectivity index (χ1) is 13.5. The summed E-state index contributed by atoms with van der Waals surface area (Å²) in [5.74, 6) is -1.92. The number of benzene rings is 1. The number of H-pyrrole nitrogens is 2. The van der Waals surface area contributed by atoms with Gasteiger partial charge in [-0.25, -0.2) is 14.6 Å². The van der Waals surface area contributed by atoms with Gasteiger partial charge in [0.25, 0.3) is 0 Å². The molecule has 3 N–H and O–H groups in total. The number of carboxylic acid groups (broad SMARTS) is 1. The number of nitrogens with one attached hydrogen (secondary N) is 2. The third kappa shape index (κ3) is 4.33. The van der Waals surface area contributed by atoms with E-state index in [0.29, 0.717) is 16.3 Å². The molecule has 2 atom stereocenters. The van der Waals surface area contributed by atoms with Crippen molar-refractivity contribution in [3.05, 3.63) is 53.2 Å². The van der Waals surface area contributed by atoms with Crippen LogP contribution in [-0.4, -0.2) is 52.0 Å². The number of esters is 1. The summed E-state index contributed by atoms with van der Waals surface area (Å²) in [6.07, 6.45) is 2.32. The van der Waals surface area contributed by atoms with E-state index in [1.54, 1.807) is 18.3 Å². The number of carbonyl (C=O) groups excluding carboxylic acids is 1. The standard InChI is InChI=1S/C18H18ClN3O6/c1-26-16(13-7-20-8-22-13)18(25)28-9-27-14(17(23)24)5-10-6-21-12-4-2-3-11(19)15(10)12/h2-4,6-8,14,16,21H,5,9H2,1H3,(H,20,22)(H,23,24)/t14-,16-/m0/s1. The Hall–Kier alpha value is -2.88. The summed E-state index contributed by atoms with van der Waals surface area (Å²) < 4.78 is 15.3. The van der Waals surface area contributed by atoms with Gasteiger partial charge < -0.3 is 29.3 Å². The van der Waals surface area contributed by atoms with Crippen LogP contribution >= 0.6 is 11.6 Å². The molecule has 9 nitrogen and oxygen atoms in total. The van der Waals surface area contributed by atoms with Gasteiger partial charge in [-0.1, -0.05) is 17.7 Å². The van der Waals surface area contributed by atoms with Crippen LogP contribution in [-0.2, 0) is 30.2 Å². The fraction of sp³-hybridized carbons (Fsp3) is 0.278. The molecule has 0 fully saturated rings. The fourth-order valence-corrected chi connectivity index (χ4v) is 3.09. The average Bonchev–Trinajstić information content (AvgIpc) is 3.32. The number of imidazole rings is 1. The average molecular weight is 408 g/mol. The molecule has 3 aromatic rings. The molecule has 10 heteroatoms. The maximum absolute atomic E-state index is 12.1. The number of halogens is 1. The summed E-state index contributed by atoms with van der Waals surface area (Å²) in [4.78, 5) is 33.3. The summed E-state index contributed by atoms with van der Waals surface area (Å²) in [7, 11) is 1.34. The molecule has 3 rings (SSSR count). The van der Waals surface area contributed by atoms with Crippen LogP contribution in [0.15, 0.2) is 36.9 Å². The maximum Gasteiger partial charge on any atom is 0.343 e. The van der Waals surface area contributed by atoms with Gasteiger partial charge in [0.1, 0.15) is 0 Å². The molecule has 0 aliphatic carbocycles. The molecule has 1 aromatic carbocycles. The highest BCUT2D eigenvalue weighted by molar-refractivity contribution is 6.35. The highest BCUT2D eigenvalue weighted by Gasteiger charge is 2.25. The Morgan fingerprint density at radius 2 is 2.14 bits per heavy atom.